The maximum absolute atomic E-state index is 8.03. The van der Waals surface area contributed by atoms with Crippen LogP contribution in [0.2, 0.25) is 0 Å². The molecule has 1 N–H and O–H groups in total. The average Bonchev–Trinajstić information content (AvgIpc) is 2.60. The summed E-state index contributed by atoms with van der Waals surface area (Å²) in [6.45, 7) is 17.6. The molecule has 1 aromatic rings. The summed E-state index contributed by atoms with van der Waals surface area (Å²) in [6, 6.07) is 9.69. The van der Waals surface area contributed by atoms with E-state index in [4.69, 9.17) is 5.41 Å². The standard InChI is InChI=1S/C14H15N.3C2H6/c1-3-8-12(9-4-2)14(15)13-10-6-5-7-11-13;3*1-2/h3-11,15H,1H2,2H3;3*1-2H3/b9-4-,12-8+,15-14?;;;. The van der Waals surface area contributed by atoms with Crippen molar-refractivity contribution in [3.8, 4) is 0 Å². The minimum atomic E-state index is 0.522. The topological polar surface area (TPSA) is 23.9 Å². The van der Waals surface area contributed by atoms with Gasteiger partial charge >= 0.3 is 0 Å². The molecule has 1 aromatic carbocycles. The van der Waals surface area contributed by atoms with Gasteiger partial charge in [-0.05, 0) is 18.1 Å². The highest BCUT2D eigenvalue weighted by molar-refractivity contribution is 6.12. The number of nitrogens with one attached hydrogen (secondary N) is 1. The van der Waals surface area contributed by atoms with E-state index in [-0.39, 0.29) is 0 Å². The van der Waals surface area contributed by atoms with Gasteiger partial charge < -0.3 is 0 Å². The molecule has 0 aliphatic heterocycles. The Bertz CT molecular complexity index is 397. The predicted molar refractivity (Wildman–Crippen MR) is 100 cm³/mol. The zero-order valence-electron chi connectivity index (χ0n) is 14.9. The van der Waals surface area contributed by atoms with Gasteiger partial charge in [0.25, 0.3) is 0 Å². The van der Waals surface area contributed by atoms with Crippen molar-refractivity contribution >= 4 is 5.71 Å². The fourth-order valence-electron chi connectivity index (χ4n) is 1.30. The van der Waals surface area contributed by atoms with Crippen molar-refractivity contribution in [1.82, 2.24) is 0 Å². The average molecular weight is 287 g/mol. The largest absolute Gasteiger partial charge is 0.300 e. The molecule has 0 spiro atoms. The first-order valence-corrected chi connectivity index (χ1v) is 7.89. The van der Waals surface area contributed by atoms with E-state index in [1.54, 1.807) is 6.08 Å². The molecule has 0 aliphatic rings. The monoisotopic (exact) mass is 287 g/mol. The van der Waals surface area contributed by atoms with E-state index in [0.29, 0.717) is 5.71 Å². The molecule has 1 rings (SSSR count). The zero-order chi connectivity index (χ0) is 17.1. The van der Waals surface area contributed by atoms with Crippen LogP contribution in [-0.4, -0.2) is 5.71 Å². The van der Waals surface area contributed by atoms with Crippen molar-refractivity contribution in [3.05, 3.63) is 72.4 Å². The lowest BCUT2D eigenvalue weighted by atomic mass is 10.0. The van der Waals surface area contributed by atoms with Gasteiger partial charge in [-0.2, -0.15) is 0 Å². The second-order valence-electron chi connectivity index (χ2n) is 3.10. The van der Waals surface area contributed by atoms with E-state index in [2.05, 4.69) is 6.58 Å². The fourth-order valence-corrected chi connectivity index (χ4v) is 1.30. The van der Waals surface area contributed by atoms with Crippen molar-refractivity contribution in [2.45, 2.75) is 48.5 Å². The summed E-state index contributed by atoms with van der Waals surface area (Å²) < 4.78 is 0. The normalized spacial score (nSPS) is 9.19. The molecular weight excluding hydrogens is 254 g/mol. The Morgan fingerprint density at radius 1 is 0.952 bits per heavy atom. The Morgan fingerprint density at radius 3 is 1.81 bits per heavy atom. The van der Waals surface area contributed by atoms with Gasteiger partial charge in [0.05, 0.1) is 5.71 Å². The lowest BCUT2D eigenvalue weighted by Crippen LogP contribution is -2.00. The molecule has 0 atom stereocenters. The maximum Gasteiger partial charge on any atom is 0.0684 e. The Labute approximate surface area is 132 Å². The van der Waals surface area contributed by atoms with Crippen molar-refractivity contribution in [2.75, 3.05) is 0 Å². The van der Waals surface area contributed by atoms with Gasteiger partial charge in [-0.3, -0.25) is 5.41 Å². The van der Waals surface area contributed by atoms with Crippen LogP contribution in [0, 0.1) is 5.41 Å². The van der Waals surface area contributed by atoms with Crippen LogP contribution in [0.1, 0.15) is 54.0 Å². The molecule has 0 amide bonds. The quantitative estimate of drug-likeness (QED) is 0.464. The predicted octanol–water partition coefficient (Wildman–Crippen LogP) is 6.82. The molecule has 0 radical (unpaired) electrons. The van der Waals surface area contributed by atoms with Crippen LogP contribution in [0.5, 0.6) is 0 Å². The van der Waals surface area contributed by atoms with Crippen molar-refractivity contribution < 1.29 is 0 Å². The minimum Gasteiger partial charge on any atom is -0.300 e. The van der Waals surface area contributed by atoms with E-state index >= 15 is 0 Å². The van der Waals surface area contributed by atoms with Gasteiger partial charge in [-0.15, -0.1) is 0 Å². The summed E-state index contributed by atoms with van der Waals surface area (Å²) in [5.74, 6) is 0. The first-order valence-electron chi connectivity index (χ1n) is 7.89. The van der Waals surface area contributed by atoms with Crippen LogP contribution >= 0.6 is 0 Å². The van der Waals surface area contributed by atoms with Gasteiger partial charge in [0.15, 0.2) is 0 Å². The second-order valence-corrected chi connectivity index (χ2v) is 3.10. The number of allylic oxidation sites excluding steroid dienone is 5. The maximum atomic E-state index is 8.03. The summed E-state index contributed by atoms with van der Waals surface area (Å²) >= 11 is 0. The van der Waals surface area contributed by atoms with Crippen LogP contribution in [0.25, 0.3) is 0 Å². The Balaban J connectivity index is -0.000000478. The Kier molecular flexibility index (Phi) is 23.5. The Morgan fingerprint density at radius 2 is 1.43 bits per heavy atom. The number of rotatable bonds is 4. The molecule has 0 bridgehead atoms. The molecule has 0 aromatic heterocycles. The molecule has 0 unspecified atom stereocenters. The van der Waals surface area contributed by atoms with E-state index < -0.39 is 0 Å². The van der Waals surface area contributed by atoms with E-state index in [0.717, 1.165) is 11.1 Å². The highest BCUT2D eigenvalue weighted by Gasteiger charge is 2.02. The molecule has 0 heterocycles. The van der Waals surface area contributed by atoms with Crippen LogP contribution in [0.4, 0.5) is 0 Å². The van der Waals surface area contributed by atoms with Gasteiger partial charge in [0.1, 0.15) is 0 Å². The summed E-state index contributed by atoms with van der Waals surface area (Å²) in [6.07, 6.45) is 7.38. The van der Waals surface area contributed by atoms with Gasteiger partial charge in [-0.1, -0.05) is 103 Å². The van der Waals surface area contributed by atoms with Crippen LogP contribution in [0.3, 0.4) is 0 Å². The van der Waals surface area contributed by atoms with Crippen molar-refractivity contribution in [3.63, 3.8) is 0 Å². The summed E-state index contributed by atoms with van der Waals surface area (Å²) in [7, 11) is 0. The van der Waals surface area contributed by atoms with E-state index in [1.807, 2.05) is 97.0 Å². The Hall–Kier alpha value is -1.89. The van der Waals surface area contributed by atoms with Crippen LogP contribution in [-0.2, 0) is 0 Å². The molecule has 1 nitrogen and oxygen atoms in total. The van der Waals surface area contributed by atoms with Crippen molar-refractivity contribution in [1.29, 1.82) is 5.41 Å². The third kappa shape index (κ3) is 11.6. The highest BCUT2D eigenvalue weighted by Crippen LogP contribution is 2.09. The molecule has 0 saturated carbocycles. The molecule has 0 aliphatic carbocycles. The van der Waals surface area contributed by atoms with Crippen LogP contribution in [0.15, 0.2) is 66.8 Å². The third-order valence-electron chi connectivity index (χ3n) is 1.99. The lowest BCUT2D eigenvalue weighted by molar-refractivity contribution is 1.46. The van der Waals surface area contributed by atoms with Gasteiger partial charge in [0.2, 0.25) is 0 Å². The minimum absolute atomic E-state index is 0.522. The third-order valence-corrected chi connectivity index (χ3v) is 1.99. The summed E-state index contributed by atoms with van der Waals surface area (Å²) in [5, 5.41) is 8.03. The summed E-state index contributed by atoms with van der Waals surface area (Å²) in [4.78, 5) is 0. The number of hydrogen-bond acceptors (Lipinski definition) is 1. The van der Waals surface area contributed by atoms with Crippen molar-refractivity contribution in [2.24, 2.45) is 0 Å². The molecule has 1 heteroatoms. The van der Waals surface area contributed by atoms with Crippen LogP contribution < -0.4 is 0 Å². The molecular formula is C20H33N. The first-order chi connectivity index (χ1) is 10.3. The lowest BCUT2D eigenvalue weighted by Gasteiger charge is -2.04. The van der Waals surface area contributed by atoms with E-state index in [9.17, 15) is 0 Å². The molecule has 118 valence electrons. The molecule has 0 saturated heterocycles. The fraction of sp³-hybridized carbons (Fsp3) is 0.350. The molecule has 0 fully saturated rings. The highest BCUT2D eigenvalue weighted by atomic mass is 14.4. The van der Waals surface area contributed by atoms with E-state index in [1.165, 1.54) is 0 Å². The zero-order valence-corrected chi connectivity index (χ0v) is 14.9. The second kappa shape index (κ2) is 20.4. The SMILES string of the molecule is C=C/C=C(\C=C/C)C(=N)c1ccccc1.CC.CC.CC. The summed E-state index contributed by atoms with van der Waals surface area (Å²) in [5.41, 5.74) is 2.32. The van der Waals surface area contributed by atoms with Gasteiger partial charge in [-0.25, -0.2) is 0 Å². The number of hydrogen-bond donors (Lipinski definition) is 1. The van der Waals surface area contributed by atoms with Gasteiger partial charge in [0, 0.05) is 0 Å². The smallest absolute Gasteiger partial charge is 0.0684 e. The first kappa shape index (κ1) is 24.1. The molecule has 21 heavy (non-hydrogen) atoms. The number of benzene rings is 1.